The molecule has 1 aromatic carbocycles. The zero-order valence-corrected chi connectivity index (χ0v) is 14.3. The third kappa shape index (κ3) is 3.32. The van der Waals surface area contributed by atoms with Crippen molar-refractivity contribution in [2.75, 3.05) is 13.2 Å². The molecule has 1 fully saturated rings. The van der Waals surface area contributed by atoms with Crippen LogP contribution in [0.1, 0.15) is 23.3 Å². The molecule has 1 aromatic heterocycles. The molecule has 2 aromatic rings. The lowest BCUT2D eigenvalue weighted by molar-refractivity contribution is -0.140. The first kappa shape index (κ1) is 15.7. The van der Waals surface area contributed by atoms with E-state index < -0.39 is 6.10 Å². The van der Waals surface area contributed by atoms with Gasteiger partial charge in [0.05, 0.1) is 12.6 Å². The molecular formula is C19H21NO3S. The van der Waals surface area contributed by atoms with Crippen LogP contribution in [0.25, 0.3) is 0 Å². The van der Waals surface area contributed by atoms with E-state index in [2.05, 4.69) is 6.07 Å². The number of rotatable bonds is 5. The van der Waals surface area contributed by atoms with E-state index in [1.54, 1.807) is 11.3 Å². The molecule has 1 saturated heterocycles. The summed E-state index contributed by atoms with van der Waals surface area (Å²) in [5.41, 5.74) is 1.11. The molecule has 2 aliphatic heterocycles. The molecule has 0 N–H and O–H groups in total. The highest BCUT2D eigenvalue weighted by molar-refractivity contribution is 7.09. The highest BCUT2D eigenvalue weighted by Gasteiger charge is 2.33. The van der Waals surface area contributed by atoms with Crippen molar-refractivity contribution in [1.82, 2.24) is 4.90 Å². The Bertz CT molecular complexity index is 669. The molecule has 1 amide bonds. The highest BCUT2D eigenvalue weighted by Crippen LogP contribution is 2.29. The number of carbonyl (C=O) groups is 1. The van der Waals surface area contributed by atoms with Crippen LogP contribution in [0.3, 0.4) is 0 Å². The molecule has 0 bridgehead atoms. The van der Waals surface area contributed by atoms with Crippen molar-refractivity contribution in [2.45, 2.75) is 38.0 Å². The molecular weight excluding hydrogens is 322 g/mol. The van der Waals surface area contributed by atoms with E-state index in [9.17, 15) is 4.79 Å². The zero-order chi connectivity index (χ0) is 16.4. The maximum atomic E-state index is 13.1. The van der Waals surface area contributed by atoms with E-state index in [-0.39, 0.29) is 12.0 Å². The van der Waals surface area contributed by atoms with Crippen LogP contribution in [0.4, 0.5) is 0 Å². The van der Waals surface area contributed by atoms with Crippen LogP contribution in [-0.2, 0) is 22.5 Å². The third-order valence-electron chi connectivity index (χ3n) is 4.61. The van der Waals surface area contributed by atoms with Crippen molar-refractivity contribution in [3.8, 4) is 5.75 Å². The van der Waals surface area contributed by atoms with Gasteiger partial charge in [0, 0.05) is 24.4 Å². The molecule has 0 aliphatic carbocycles. The molecule has 4 rings (SSSR count). The quantitative estimate of drug-likeness (QED) is 0.836. The number of carbonyl (C=O) groups excluding carboxylic acids is 1. The summed E-state index contributed by atoms with van der Waals surface area (Å²) in [5.74, 6) is 0.902. The van der Waals surface area contributed by atoms with Crippen LogP contribution in [0.2, 0.25) is 0 Å². The summed E-state index contributed by atoms with van der Waals surface area (Å²) >= 11 is 1.68. The summed E-state index contributed by atoms with van der Waals surface area (Å²) in [6.45, 7) is 2.08. The summed E-state index contributed by atoms with van der Waals surface area (Å²) in [5, 5.41) is 2.05. The average Bonchev–Trinajstić information content (AvgIpc) is 3.34. The maximum Gasteiger partial charge on any atom is 0.264 e. The van der Waals surface area contributed by atoms with Crippen LogP contribution in [-0.4, -0.2) is 36.2 Å². The maximum absolute atomic E-state index is 13.1. The van der Waals surface area contributed by atoms with Gasteiger partial charge < -0.3 is 14.4 Å². The van der Waals surface area contributed by atoms with Gasteiger partial charge in [0.15, 0.2) is 6.10 Å². The molecule has 0 radical (unpaired) electrons. The zero-order valence-electron chi connectivity index (χ0n) is 13.5. The second kappa shape index (κ2) is 6.95. The summed E-state index contributed by atoms with van der Waals surface area (Å²) in [4.78, 5) is 16.2. The van der Waals surface area contributed by atoms with Crippen molar-refractivity contribution >= 4 is 17.2 Å². The molecule has 4 nitrogen and oxygen atoms in total. The summed E-state index contributed by atoms with van der Waals surface area (Å²) < 4.78 is 11.7. The summed E-state index contributed by atoms with van der Waals surface area (Å²) in [6, 6.07) is 12.0. The summed E-state index contributed by atoms with van der Waals surface area (Å²) in [6.07, 6.45) is 2.50. The first-order chi connectivity index (χ1) is 11.8. The number of amides is 1. The Kier molecular flexibility index (Phi) is 4.54. The molecule has 126 valence electrons. The molecule has 5 heteroatoms. The number of para-hydroxylation sites is 1. The Morgan fingerprint density at radius 2 is 2.17 bits per heavy atom. The minimum absolute atomic E-state index is 0.0649. The van der Waals surface area contributed by atoms with Gasteiger partial charge in [-0.3, -0.25) is 4.79 Å². The minimum atomic E-state index is -0.413. The van der Waals surface area contributed by atoms with Gasteiger partial charge in [-0.1, -0.05) is 24.3 Å². The van der Waals surface area contributed by atoms with Crippen LogP contribution in [0.5, 0.6) is 5.75 Å². The lowest BCUT2D eigenvalue weighted by atomic mass is 10.1. The molecule has 0 saturated carbocycles. The Morgan fingerprint density at radius 1 is 1.25 bits per heavy atom. The second-order valence-corrected chi connectivity index (χ2v) is 7.38. The van der Waals surface area contributed by atoms with Gasteiger partial charge in [-0.2, -0.15) is 0 Å². The Morgan fingerprint density at radius 3 is 2.92 bits per heavy atom. The molecule has 3 heterocycles. The van der Waals surface area contributed by atoms with Gasteiger partial charge in [0.25, 0.3) is 5.91 Å². The largest absolute Gasteiger partial charge is 0.480 e. The van der Waals surface area contributed by atoms with E-state index in [1.165, 1.54) is 4.88 Å². The van der Waals surface area contributed by atoms with Crippen molar-refractivity contribution < 1.29 is 14.3 Å². The van der Waals surface area contributed by atoms with Crippen LogP contribution in [0.15, 0.2) is 41.8 Å². The SMILES string of the molecule is O=C(C1Cc2ccccc2O1)N(Cc1cccs1)CC1CCCO1. The lowest BCUT2D eigenvalue weighted by Gasteiger charge is -2.27. The van der Waals surface area contributed by atoms with E-state index in [4.69, 9.17) is 9.47 Å². The fourth-order valence-electron chi connectivity index (χ4n) is 3.38. The average molecular weight is 343 g/mol. The first-order valence-corrected chi connectivity index (χ1v) is 9.35. The number of benzene rings is 1. The van der Waals surface area contributed by atoms with E-state index in [0.717, 1.165) is 30.8 Å². The van der Waals surface area contributed by atoms with Crippen LogP contribution in [0, 0.1) is 0 Å². The molecule has 2 aliphatic rings. The van der Waals surface area contributed by atoms with Gasteiger partial charge in [-0.25, -0.2) is 0 Å². The number of ether oxygens (including phenoxy) is 2. The Hall–Kier alpha value is -1.85. The fourth-order valence-corrected chi connectivity index (χ4v) is 4.10. The summed E-state index contributed by atoms with van der Waals surface area (Å²) in [7, 11) is 0. The highest BCUT2D eigenvalue weighted by atomic mass is 32.1. The third-order valence-corrected chi connectivity index (χ3v) is 5.47. The Balaban J connectivity index is 1.48. The van der Waals surface area contributed by atoms with Gasteiger partial charge in [-0.05, 0) is 35.9 Å². The van der Waals surface area contributed by atoms with Crippen LogP contribution < -0.4 is 4.74 Å². The van der Waals surface area contributed by atoms with E-state index in [1.807, 2.05) is 40.6 Å². The van der Waals surface area contributed by atoms with Crippen molar-refractivity contribution in [3.63, 3.8) is 0 Å². The number of thiophene rings is 1. The van der Waals surface area contributed by atoms with Crippen molar-refractivity contribution in [1.29, 1.82) is 0 Å². The molecule has 2 atom stereocenters. The number of hydrogen-bond donors (Lipinski definition) is 0. The van der Waals surface area contributed by atoms with Gasteiger partial charge in [0.1, 0.15) is 5.75 Å². The molecule has 0 spiro atoms. The van der Waals surface area contributed by atoms with E-state index >= 15 is 0 Å². The Labute approximate surface area is 146 Å². The second-order valence-electron chi connectivity index (χ2n) is 6.35. The molecule has 24 heavy (non-hydrogen) atoms. The van der Waals surface area contributed by atoms with E-state index in [0.29, 0.717) is 19.5 Å². The standard InChI is InChI=1S/C19H21NO3S/c21-19(18-11-14-5-1-2-8-17(14)23-18)20(12-15-6-3-9-22-15)13-16-7-4-10-24-16/h1-2,4-5,7-8,10,15,18H,3,6,9,11-13H2. The predicted molar refractivity (Wildman–Crippen MR) is 93.3 cm³/mol. The molecule has 2 unspecified atom stereocenters. The number of fused-ring (bicyclic) bond motifs is 1. The van der Waals surface area contributed by atoms with Gasteiger partial charge in [-0.15, -0.1) is 11.3 Å². The van der Waals surface area contributed by atoms with Gasteiger partial charge >= 0.3 is 0 Å². The monoisotopic (exact) mass is 343 g/mol. The number of nitrogens with zero attached hydrogens (tertiary/aromatic N) is 1. The topological polar surface area (TPSA) is 38.8 Å². The minimum Gasteiger partial charge on any atom is -0.480 e. The normalized spacial score (nSPS) is 22.2. The van der Waals surface area contributed by atoms with Crippen molar-refractivity contribution in [3.05, 3.63) is 52.2 Å². The van der Waals surface area contributed by atoms with Crippen LogP contribution >= 0.6 is 11.3 Å². The van der Waals surface area contributed by atoms with Gasteiger partial charge in [0.2, 0.25) is 0 Å². The van der Waals surface area contributed by atoms with Crippen molar-refractivity contribution in [2.24, 2.45) is 0 Å². The smallest absolute Gasteiger partial charge is 0.264 e. The fraction of sp³-hybridized carbons (Fsp3) is 0.421. The first-order valence-electron chi connectivity index (χ1n) is 8.47. The lowest BCUT2D eigenvalue weighted by Crippen LogP contribution is -2.44. The number of hydrogen-bond acceptors (Lipinski definition) is 4. The predicted octanol–water partition coefficient (Wildman–Crippen LogP) is 3.26.